The Morgan fingerprint density at radius 3 is 2.40 bits per heavy atom. The van der Waals surface area contributed by atoms with Crippen LogP contribution in [-0.4, -0.2) is 22.4 Å². The van der Waals surface area contributed by atoms with Crippen LogP contribution < -0.4 is 0 Å². The largest absolute Gasteiger partial charge is 0.393 e. The summed E-state index contributed by atoms with van der Waals surface area (Å²) in [5.41, 5.74) is 3.08. The van der Waals surface area contributed by atoms with E-state index in [0.717, 1.165) is 12.3 Å². The number of aliphatic hydroxyl groups is 2. The monoisotopic (exact) mass is 412 g/mol. The summed E-state index contributed by atoms with van der Waals surface area (Å²) in [4.78, 5) is 0. The first-order valence-electron chi connectivity index (χ1n) is 12.5. The first-order chi connectivity index (χ1) is 14.1. The molecule has 4 aliphatic carbocycles. The van der Waals surface area contributed by atoms with Gasteiger partial charge in [-0.2, -0.15) is 0 Å². The zero-order valence-corrected chi connectivity index (χ0v) is 20.1. The minimum absolute atomic E-state index is 0.180. The van der Waals surface area contributed by atoms with Crippen molar-refractivity contribution in [1.29, 1.82) is 0 Å². The van der Waals surface area contributed by atoms with Crippen LogP contribution in [0.3, 0.4) is 0 Å². The molecule has 3 fully saturated rings. The molecule has 2 heteroatoms. The van der Waals surface area contributed by atoms with Crippen LogP contribution in [0, 0.1) is 46.3 Å². The number of fused-ring (bicyclic) bond motifs is 5. The van der Waals surface area contributed by atoms with Gasteiger partial charge in [0.1, 0.15) is 0 Å². The fourth-order valence-electron chi connectivity index (χ4n) is 7.66. The Kier molecular flexibility index (Phi) is 5.90. The first kappa shape index (κ1) is 22.3. The summed E-state index contributed by atoms with van der Waals surface area (Å²) in [5, 5.41) is 21.3. The van der Waals surface area contributed by atoms with Crippen molar-refractivity contribution in [2.45, 2.75) is 92.3 Å². The maximum Gasteiger partial charge on any atom is 0.0661 e. The molecule has 0 aromatic rings. The summed E-state index contributed by atoms with van der Waals surface area (Å²) in [6, 6.07) is 0. The molecule has 0 spiro atoms. The van der Waals surface area contributed by atoms with Gasteiger partial charge in [-0.15, -0.1) is 0 Å². The third kappa shape index (κ3) is 3.37. The lowest BCUT2D eigenvalue weighted by Crippen LogP contribution is -2.52. The van der Waals surface area contributed by atoms with E-state index in [-0.39, 0.29) is 11.5 Å². The maximum atomic E-state index is 11.0. The topological polar surface area (TPSA) is 40.5 Å². The van der Waals surface area contributed by atoms with E-state index in [1.165, 1.54) is 31.3 Å². The molecule has 0 aliphatic heterocycles. The van der Waals surface area contributed by atoms with E-state index in [1.54, 1.807) is 5.57 Å². The summed E-state index contributed by atoms with van der Waals surface area (Å²) < 4.78 is 0. The Balaban J connectivity index is 1.59. The van der Waals surface area contributed by atoms with Crippen LogP contribution >= 0.6 is 0 Å². The van der Waals surface area contributed by atoms with Crippen LogP contribution in [0.1, 0.15) is 80.1 Å². The van der Waals surface area contributed by atoms with Crippen molar-refractivity contribution >= 4 is 0 Å². The van der Waals surface area contributed by atoms with Crippen molar-refractivity contribution in [3.63, 3.8) is 0 Å². The van der Waals surface area contributed by atoms with Crippen LogP contribution in [0.4, 0.5) is 0 Å². The van der Waals surface area contributed by atoms with Crippen molar-refractivity contribution in [3.05, 3.63) is 35.5 Å². The van der Waals surface area contributed by atoms with Gasteiger partial charge in [0.05, 0.1) is 12.2 Å². The maximum absolute atomic E-state index is 11.0. The molecule has 0 aromatic heterocycles. The molecule has 0 radical (unpaired) electrons. The van der Waals surface area contributed by atoms with E-state index in [0.29, 0.717) is 41.4 Å². The molecule has 1 unspecified atom stereocenters. The summed E-state index contributed by atoms with van der Waals surface area (Å²) in [6.45, 7) is 14.2. The molecule has 3 saturated carbocycles. The zero-order valence-electron chi connectivity index (χ0n) is 20.1. The third-order valence-corrected chi connectivity index (χ3v) is 10.1. The molecule has 4 aliphatic rings. The Morgan fingerprint density at radius 2 is 1.70 bits per heavy atom. The van der Waals surface area contributed by atoms with E-state index in [2.05, 4.69) is 65.8 Å². The molecule has 0 amide bonds. The molecule has 30 heavy (non-hydrogen) atoms. The van der Waals surface area contributed by atoms with Crippen LogP contribution in [0.2, 0.25) is 0 Å². The number of hydrogen-bond donors (Lipinski definition) is 2. The fourth-order valence-corrected chi connectivity index (χ4v) is 7.66. The van der Waals surface area contributed by atoms with Gasteiger partial charge in [0.2, 0.25) is 0 Å². The molecule has 0 aromatic carbocycles. The molecule has 2 N–H and O–H groups in total. The van der Waals surface area contributed by atoms with Crippen molar-refractivity contribution in [3.8, 4) is 0 Å². The van der Waals surface area contributed by atoms with Gasteiger partial charge in [-0.05, 0) is 73.0 Å². The SMILES string of the molecule is CC(C)[C@@H](C)/C=C/[C@@H](C)[C@H]1CC[C@H]2C3=CC=C4C[C@@H](O)CC(O)[C@]4(C)[C@H]3CC[C@]12C. The number of aliphatic hydroxyl groups excluding tert-OH is 2. The lowest BCUT2D eigenvalue weighted by atomic mass is 9.49. The first-order valence-corrected chi connectivity index (χ1v) is 12.5. The smallest absolute Gasteiger partial charge is 0.0661 e. The Morgan fingerprint density at radius 1 is 0.967 bits per heavy atom. The van der Waals surface area contributed by atoms with Gasteiger partial charge in [-0.25, -0.2) is 0 Å². The third-order valence-electron chi connectivity index (χ3n) is 10.1. The lowest BCUT2D eigenvalue weighted by Gasteiger charge is -2.56. The minimum Gasteiger partial charge on any atom is -0.393 e. The quantitative estimate of drug-likeness (QED) is 0.532. The lowest BCUT2D eigenvalue weighted by molar-refractivity contribution is -0.0537. The highest BCUT2D eigenvalue weighted by molar-refractivity contribution is 5.40. The second kappa shape index (κ2) is 7.93. The van der Waals surface area contributed by atoms with Crippen molar-refractivity contribution < 1.29 is 10.2 Å². The Hall–Kier alpha value is -0.860. The van der Waals surface area contributed by atoms with Crippen molar-refractivity contribution in [2.75, 3.05) is 0 Å². The van der Waals surface area contributed by atoms with E-state index >= 15 is 0 Å². The van der Waals surface area contributed by atoms with Gasteiger partial charge in [0, 0.05) is 11.8 Å². The van der Waals surface area contributed by atoms with E-state index < -0.39 is 6.10 Å². The molecular formula is C28H44O2. The van der Waals surface area contributed by atoms with Gasteiger partial charge in [-0.1, -0.05) is 77.0 Å². The number of hydrogen-bond acceptors (Lipinski definition) is 2. The summed E-state index contributed by atoms with van der Waals surface area (Å²) in [5.74, 6) is 3.80. The van der Waals surface area contributed by atoms with Gasteiger partial charge < -0.3 is 10.2 Å². The zero-order chi connectivity index (χ0) is 21.8. The molecule has 9 atom stereocenters. The molecule has 2 nitrogen and oxygen atoms in total. The average molecular weight is 413 g/mol. The molecule has 168 valence electrons. The van der Waals surface area contributed by atoms with Gasteiger partial charge >= 0.3 is 0 Å². The summed E-state index contributed by atoms with van der Waals surface area (Å²) in [6.07, 6.45) is 15.1. The normalized spacial score (nSPS) is 45.4. The summed E-state index contributed by atoms with van der Waals surface area (Å²) in [7, 11) is 0. The highest BCUT2D eigenvalue weighted by Gasteiger charge is 2.58. The van der Waals surface area contributed by atoms with Crippen molar-refractivity contribution in [1.82, 2.24) is 0 Å². The highest BCUT2D eigenvalue weighted by atomic mass is 16.3. The Labute approximate surface area is 184 Å². The number of rotatable bonds is 4. The van der Waals surface area contributed by atoms with Crippen LogP contribution in [0.15, 0.2) is 35.5 Å². The minimum atomic E-state index is -0.429. The highest BCUT2D eigenvalue weighted by Crippen LogP contribution is 2.66. The predicted molar refractivity (Wildman–Crippen MR) is 125 cm³/mol. The number of allylic oxidation sites excluding steroid dienone is 5. The van der Waals surface area contributed by atoms with Crippen LogP contribution in [-0.2, 0) is 0 Å². The molecule has 0 heterocycles. The van der Waals surface area contributed by atoms with Crippen LogP contribution in [0.25, 0.3) is 0 Å². The van der Waals surface area contributed by atoms with Gasteiger partial charge in [-0.3, -0.25) is 0 Å². The van der Waals surface area contributed by atoms with E-state index in [9.17, 15) is 10.2 Å². The Bertz CT molecular complexity index is 746. The molecule has 0 saturated heterocycles. The predicted octanol–water partition coefficient (Wildman–Crippen LogP) is 6.30. The van der Waals surface area contributed by atoms with E-state index in [4.69, 9.17) is 0 Å². The molecule has 0 bridgehead atoms. The second-order valence-electron chi connectivity index (χ2n) is 11.9. The average Bonchev–Trinajstić information content (AvgIpc) is 3.04. The van der Waals surface area contributed by atoms with Gasteiger partial charge in [0.25, 0.3) is 0 Å². The van der Waals surface area contributed by atoms with E-state index in [1.807, 2.05) is 0 Å². The standard InChI is InChI=1S/C28H44O2/c1-17(2)18(3)7-8-19(4)23-11-12-24-22-10-9-20-15-21(29)16-26(30)28(20,6)25(22)13-14-27(23,24)5/h7-10,17-19,21,23-26,29-30H,11-16H2,1-6H3/b8-7+/t18-,19+,21+,23+,24-,25-,26?,27+,28-/m0/s1. The van der Waals surface area contributed by atoms with Crippen molar-refractivity contribution in [2.24, 2.45) is 46.3 Å². The second-order valence-corrected chi connectivity index (χ2v) is 11.9. The van der Waals surface area contributed by atoms with Crippen LogP contribution in [0.5, 0.6) is 0 Å². The van der Waals surface area contributed by atoms with Gasteiger partial charge in [0.15, 0.2) is 0 Å². The molecular weight excluding hydrogens is 368 g/mol. The summed E-state index contributed by atoms with van der Waals surface area (Å²) >= 11 is 0. The molecule has 4 rings (SSSR count). The fraction of sp³-hybridized carbons (Fsp3) is 0.786.